The van der Waals surface area contributed by atoms with Crippen LogP contribution in [0.2, 0.25) is 0 Å². The lowest BCUT2D eigenvalue weighted by molar-refractivity contribution is 0.192. The van der Waals surface area contributed by atoms with Gasteiger partial charge in [-0.2, -0.15) is 4.98 Å². The van der Waals surface area contributed by atoms with Gasteiger partial charge in [0.05, 0.1) is 12.3 Å². The fourth-order valence-corrected chi connectivity index (χ4v) is 2.77. The third kappa shape index (κ3) is 2.18. The molecule has 5 nitrogen and oxygen atoms in total. The van der Waals surface area contributed by atoms with Crippen LogP contribution in [0.3, 0.4) is 0 Å². The van der Waals surface area contributed by atoms with Crippen molar-refractivity contribution in [1.29, 1.82) is 0 Å². The maximum atomic E-state index is 5.33. The summed E-state index contributed by atoms with van der Waals surface area (Å²) in [5.41, 5.74) is 1.07. The summed E-state index contributed by atoms with van der Waals surface area (Å²) >= 11 is 1.55. The lowest BCUT2D eigenvalue weighted by Crippen LogP contribution is -1.99. The van der Waals surface area contributed by atoms with Crippen LogP contribution in [0.1, 0.15) is 43.6 Å². The van der Waals surface area contributed by atoms with Gasteiger partial charge in [0.1, 0.15) is 0 Å². The second-order valence-corrected chi connectivity index (χ2v) is 5.61. The van der Waals surface area contributed by atoms with E-state index in [0.717, 1.165) is 29.6 Å². The van der Waals surface area contributed by atoms with Crippen LogP contribution in [0.5, 0.6) is 0 Å². The first-order valence-corrected chi connectivity index (χ1v) is 6.99. The van der Waals surface area contributed by atoms with Crippen LogP contribution in [0, 0.1) is 0 Å². The van der Waals surface area contributed by atoms with Crippen molar-refractivity contribution in [1.82, 2.24) is 15.1 Å². The van der Waals surface area contributed by atoms with Crippen molar-refractivity contribution in [2.45, 2.75) is 32.1 Å². The molecule has 96 valence electrons. The van der Waals surface area contributed by atoms with Crippen LogP contribution >= 0.6 is 11.3 Å². The van der Waals surface area contributed by atoms with E-state index in [-0.39, 0.29) is 5.92 Å². The minimum Gasteiger partial charge on any atom is -0.381 e. The van der Waals surface area contributed by atoms with Crippen molar-refractivity contribution in [2.24, 2.45) is 0 Å². The molecular weight excluding hydrogens is 250 g/mol. The number of nitrogens with zero attached hydrogens (tertiary/aromatic N) is 3. The summed E-state index contributed by atoms with van der Waals surface area (Å²) in [6.45, 7) is 5.71. The largest absolute Gasteiger partial charge is 0.381 e. The Kier molecular flexibility index (Phi) is 3.13. The monoisotopic (exact) mass is 265 g/mol. The molecule has 1 saturated heterocycles. The number of thiazole rings is 1. The highest BCUT2D eigenvalue weighted by molar-refractivity contribution is 7.13. The van der Waals surface area contributed by atoms with Crippen LogP contribution in [-0.2, 0) is 4.74 Å². The Morgan fingerprint density at radius 1 is 1.39 bits per heavy atom. The Balaban J connectivity index is 1.83. The Morgan fingerprint density at radius 3 is 2.94 bits per heavy atom. The first-order chi connectivity index (χ1) is 8.74. The van der Waals surface area contributed by atoms with Crippen molar-refractivity contribution in [2.75, 3.05) is 13.2 Å². The predicted molar refractivity (Wildman–Crippen MR) is 67.7 cm³/mol. The van der Waals surface area contributed by atoms with Gasteiger partial charge in [-0.05, 0) is 12.3 Å². The van der Waals surface area contributed by atoms with E-state index in [1.54, 1.807) is 11.3 Å². The smallest absolute Gasteiger partial charge is 0.286 e. The molecule has 0 unspecified atom stereocenters. The molecule has 1 aliphatic heterocycles. The van der Waals surface area contributed by atoms with E-state index >= 15 is 0 Å². The van der Waals surface area contributed by atoms with Crippen LogP contribution in [0.4, 0.5) is 0 Å². The highest BCUT2D eigenvalue weighted by Crippen LogP contribution is 2.28. The Hall–Kier alpha value is -1.27. The van der Waals surface area contributed by atoms with E-state index in [9.17, 15) is 0 Å². The summed E-state index contributed by atoms with van der Waals surface area (Å²) in [4.78, 5) is 8.94. The van der Waals surface area contributed by atoms with E-state index < -0.39 is 0 Å². The molecule has 3 heterocycles. The van der Waals surface area contributed by atoms with Gasteiger partial charge in [0.25, 0.3) is 5.89 Å². The third-order valence-electron chi connectivity index (χ3n) is 3.03. The molecule has 18 heavy (non-hydrogen) atoms. The highest BCUT2D eigenvalue weighted by atomic mass is 32.1. The molecule has 2 aromatic heterocycles. The van der Waals surface area contributed by atoms with Crippen LogP contribution in [-0.4, -0.2) is 28.3 Å². The van der Waals surface area contributed by atoms with E-state index in [4.69, 9.17) is 9.26 Å². The number of hydrogen-bond donors (Lipinski definition) is 0. The highest BCUT2D eigenvalue weighted by Gasteiger charge is 2.24. The zero-order valence-corrected chi connectivity index (χ0v) is 11.2. The number of ether oxygens (including phenoxy) is 1. The quantitative estimate of drug-likeness (QED) is 0.854. The summed E-state index contributed by atoms with van der Waals surface area (Å²) < 4.78 is 10.6. The molecule has 6 heteroatoms. The standard InChI is InChI=1S/C12H15N3O2S/c1-7(2)9-6-18-12(13-9)11-14-10(15-17-11)8-3-4-16-5-8/h6-8H,3-5H2,1-2H3/t8-/m1/s1. The SMILES string of the molecule is CC(C)c1csc(-c2nc([C@@H]3CCOC3)no2)n1. The number of aromatic nitrogens is 3. The zero-order valence-electron chi connectivity index (χ0n) is 10.4. The number of rotatable bonds is 3. The van der Waals surface area contributed by atoms with Gasteiger partial charge < -0.3 is 9.26 Å². The van der Waals surface area contributed by atoms with Gasteiger partial charge in [-0.3, -0.25) is 0 Å². The molecule has 0 amide bonds. The van der Waals surface area contributed by atoms with E-state index in [1.807, 2.05) is 5.38 Å². The maximum absolute atomic E-state index is 5.33. The predicted octanol–water partition coefficient (Wildman–Crippen LogP) is 2.82. The molecule has 1 fully saturated rings. The van der Waals surface area contributed by atoms with Gasteiger partial charge in [-0.15, -0.1) is 11.3 Å². The first-order valence-electron chi connectivity index (χ1n) is 6.11. The first kappa shape index (κ1) is 11.8. The molecule has 0 radical (unpaired) electrons. The fraction of sp³-hybridized carbons (Fsp3) is 0.583. The average Bonchev–Trinajstić information content (AvgIpc) is 3.10. The average molecular weight is 265 g/mol. The van der Waals surface area contributed by atoms with Crippen LogP contribution in [0.15, 0.2) is 9.90 Å². The van der Waals surface area contributed by atoms with Gasteiger partial charge in [-0.1, -0.05) is 19.0 Å². The van der Waals surface area contributed by atoms with Crippen molar-refractivity contribution in [3.05, 3.63) is 16.9 Å². The maximum Gasteiger partial charge on any atom is 0.286 e. The minimum atomic E-state index is 0.270. The van der Waals surface area contributed by atoms with E-state index in [2.05, 4.69) is 29.0 Å². The Morgan fingerprint density at radius 2 is 2.28 bits per heavy atom. The molecule has 1 atom stereocenters. The zero-order chi connectivity index (χ0) is 12.5. The van der Waals surface area contributed by atoms with Gasteiger partial charge in [0.2, 0.25) is 0 Å². The summed E-state index contributed by atoms with van der Waals surface area (Å²) in [5.74, 6) is 1.95. The Labute approximate surface area is 109 Å². The van der Waals surface area contributed by atoms with Crippen molar-refractivity contribution in [3.63, 3.8) is 0 Å². The van der Waals surface area contributed by atoms with Crippen molar-refractivity contribution >= 4 is 11.3 Å². The van der Waals surface area contributed by atoms with Crippen molar-refractivity contribution < 1.29 is 9.26 Å². The molecule has 2 aromatic rings. The lowest BCUT2D eigenvalue weighted by Gasteiger charge is -1.97. The van der Waals surface area contributed by atoms with Gasteiger partial charge in [0.15, 0.2) is 10.8 Å². The van der Waals surface area contributed by atoms with Gasteiger partial charge in [-0.25, -0.2) is 4.98 Å². The van der Waals surface area contributed by atoms with Gasteiger partial charge in [0, 0.05) is 17.9 Å². The van der Waals surface area contributed by atoms with Crippen LogP contribution in [0.25, 0.3) is 10.9 Å². The molecule has 0 spiro atoms. The molecule has 0 aromatic carbocycles. The normalized spacial score (nSPS) is 19.8. The summed E-state index contributed by atoms with van der Waals surface area (Å²) in [5, 5.41) is 6.88. The molecule has 0 bridgehead atoms. The summed E-state index contributed by atoms with van der Waals surface area (Å²) in [6, 6.07) is 0. The molecule has 0 N–H and O–H groups in total. The van der Waals surface area contributed by atoms with E-state index in [0.29, 0.717) is 18.4 Å². The summed E-state index contributed by atoms with van der Waals surface area (Å²) in [7, 11) is 0. The second-order valence-electron chi connectivity index (χ2n) is 4.75. The number of hydrogen-bond acceptors (Lipinski definition) is 6. The van der Waals surface area contributed by atoms with Crippen LogP contribution < -0.4 is 0 Å². The third-order valence-corrected chi connectivity index (χ3v) is 3.88. The molecule has 3 rings (SSSR count). The molecule has 1 aliphatic rings. The fourth-order valence-electron chi connectivity index (χ4n) is 1.88. The Bertz CT molecular complexity index is 529. The van der Waals surface area contributed by atoms with Crippen molar-refractivity contribution in [3.8, 4) is 10.9 Å². The minimum absolute atomic E-state index is 0.270. The molecule has 0 saturated carbocycles. The molecule has 0 aliphatic carbocycles. The molecular formula is C12H15N3O2S. The lowest BCUT2D eigenvalue weighted by atomic mass is 10.1. The topological polar surface area (TPSA) is 61.0 Å². The van der Waals surface area contributed by atoms with E-state index in [1.165, 1.54) is 0 Å². The summed E-state index contributed by atoms with van der Waals surface area (Å²) in [6.07, 6.45) is 0.966. The van der Waals surface area contributed by atoms with Gasteiger partial charge >= 0.3 is 0 Å². The second kappa shape index (κ2) is 4.78.